The third-order valence-electron chi connectivity index (χ3n) is 4.32. The molecular weight excluding hydrogens is 390 g/mol. The summed E-state index contributed by atoms with van der Waals surface area (Å²) < 4.78 is 20.6. The zero-order valence-corrected chi connectivity index (χ0v) is 17.3. The van der Waals surface area contributed by atoms with Crippen LogP contribution in [0.4, 0.5) is 4.79 Å². The highest BCUT2D eigenvalue weighted by Crippen LogP contribution is 2.28. The standard InChI is InChI=1S/C22H27NO7/c1-4-29-19-13-16(10-11-18(19)27-2)12-17(23-22(26)28-3)20(24)21(25)30-14-15-8-6-5-7-9-15/h5-11,13,17,20,24H,4,12,14H2,1-3H3,(H,23,26). The van der Waals surface area contributed by atoms with Crippen LogP contribution < -0.4 is 14.8 Å². The van der Waals surface area contributed by atoms with Gasteiger partial charge in [0.15, 0.2) is 17.6 Å². The maximum Gasteiger partial charge on any atom is 0.407 e. The van der Waals surface area contributed by atoms with Crippen molar-refractivity contribution in [2.45, 2.75) is 32.1 Å². The van der Waals surface area contributed by atoms with Gasteiger partial charge in [-0.05, 0) is 36.6 Å². The number of ether oxygens (including phenoxy) is 4. The van der Waals surface area contributed by atoms with Crippen LogP contribution in [0.25, 0.3) is 0 Å². The maximum absolute atomic E-state index is 12.4. The summed E-state index contributed by atoms with van der Waals surface area (Å²) in [7, 11) is 2.73. The molecule has 0 heterocycles. The minimum atomic E-state index is -1.59. The largest absolute Gasteiger partial charge is 0.493 e. The smallest absolute Gasteiger partial charge is 0.407 e. The fourth-order valence-electron chi connectivity index (χ4n) is 2.80. The predicted molar refractivity (Wildman–Crippen MR) is 109 cm³/mol. The molecule has 0 saturated heterocycles. The summed E-state index contributed by atoms with van der Waals surface area (Å²) in [5.74, 6) is 0.232. The summed E-state index contributed by atoms with van der Waals surface area (Å²) in [6.45, 7) is 2.30. The summed E-state index contributed by atoms with van der Waals surface area (Å²) in [4.78, 5) is 24.1. The molecule has 0 fully saturated rings. The van der Waals surface area contributed by atoms with E-state index in [1.165, 1.54) is 14.2 Å². The number of hydrogen-bond donors (Lipinski definition) is 2. The lowest BCUT2D eigenvalue weighted by Gasteiger charge is -2.23. The van der Waals surface area contributed by atoms with E-state index in [1.54, 1.807) is 30.3 Å². The second-order valence-corrected chi connectivity index (χ2v) is 6.40. The number of carbonyl (C=O) groups excluding carboxylic acids is 2. The van der Waals surface area contributed by atoms with Crippen LogP contribution in [-0.4, -0.2) is 50.1 Å². The van der Waals surface area contributed by atoms with Crippen molar-refractivity contribution >= 4 is 12.1 Å². The molecule has 2 unspecified atom stereocenters. The zero-order valence-electron chi connectivity index (χ0n) is 17.3. The Bertz CT molecular complexity index is 825. The average Bonchev–Trinajstić information content (AvgIpc) is 2.77. The van der Waals surface area contributed by atoms with Gasteiger partial charge >= 0.3 is 12.1 Å². The number of rotatable bonds is 10. The van der Waals surface area contributed by atoms with Gasteiger partial charge in [-0.25, -0.2) is 9.59 Å². The first-order chi connectivity index (χ1) is 14.5. The first-order valence-corrected chi connectivity index (χ1v) is 9.51. The van der Waals surface area contributed by atoms with Crippen molar-refractivity contribution in [3.05, 3.63) is 59.7 Å². The number of amides is 1. The number of esters is 1. The molecule has 2 aromatic carbocycles. The number of nitrogens with one attached hydrogen (secondary N) is 1. The van der Waals surface area contributed by atoms with Gasteiger partial charge in [0, 0.05) is 0 Å². The van der Waals surface area contributed by atoms with Crippen molar-refractivity contribution in [2.75, 3.05) is 20.8 Å². The predicted octanol–water partition coefficient (Wildman–Crippen LogP) is 2.47. The van der Waals surface area contributed by atoms with Crippen LogP contribution in [0.2, 0.25) is 0 Å². The molecular formula is C22H27NO7. The van der Waals surface area contributed by atoms with Crippen LogP contribution in [0.1, 0.15) is 18.1 Å². The van der Waals surface area contributed by atoms with Gasteiger partial charge in [-0.3, -0.25) is 0 Å². The van der Waals surface area contributed by atoms with Crippen LogP contribution in [0.3, 0.4) is 0 Å². The van der Waals surface area contributed by atoms with Gasteiger partial charge < -0.3 is 29.4 Å². The minimum absolute atomic E-state index is 0.0126. The van der Waals surface area contributed by atoms with Crippen LogP contribution in [0.15, 0.2) is 48.5 Å². The molecule has 0 aromatic heterocycles. The van der Waals surface area contributed by atoms with Gasteiger partial charge in [0.25, 0.3) is 0 Å². The second kappa shape index (κ2) is 11.7. The Morgan fingerprint density at radius 3 is 2.40 bits per heavy atom. The number of aliphatic hydroxyl groups excluding tert-OH is 1. The van der Waals surface area contributed by atoms with E-state index in [9.17, 15) is 14.7 Å². The molecule has 30 heavy (non-hydrogen) atoms. The van der Waals surface area contributed by atoms with Crippen molar-refractivity contribution in [2.24, 2.45) is 0 Å². The lowest BCUT2D eigenvalue weighted by atomic mass is 10.0. The molecule has 1 amide bonds. The summed E-state index contributed by atoms with van der Waals surface area (Å²) in [6, 6.07) is 13.3. The van der Waals surface area contributed by atoms with Gasteiger partial charge in [-0.15, -0.1) is 0 Å². The van der Waals surface area contributed by atoms with E-state index in [1.807, 2.05) is 25.1 Å². The molecule has 0 bridgehead atoms. The molecule has 8 nitrogen and oxygen atoms in total. The second-order valence-electron chi connectivity index (χ2n) is 6.40. The van der Waals surface area contributed by atoms with Crippen molar-refractivity contribution in [1.29, 1.82) is 0 Å². The Kier molecular flexibility index (Phi) is 8.96. The zero-order chi connectivity index (χ0) is 21.9. The normalized spacial score (nSPS) is 12.4. The van der Waals surface area contributed by atoms with Gasteiger partial charge in [0.2, 0.25) is 0 Å². The van der Waals surface area contributed by atoms with Gasteiger partial charge in [-0.2, -0.15) is 0 Å². The van der Waals surface area contributed by atoms with E-state index in [0.29, 0.717) is 18.1 Å². The lowest BCUT2D eigenvalue weighted by Crippen LogP contribution is -2.48. The fraction of sp³-hybridized carbons (Fsp3) is 0.364. The Morgan fingerprint density at radius 2 is 1.77 bits per heavy atom. The number of methoxy groups -OCH3 is 2. The first-order valence-electron chi connectivity index (χ1n) is 9.51. The van der Waals surface area contributed by atoms with Crippen molar-refractivity contribution in [1.82, 2.24) is 5.32 Å². The fourth-order valence-corrected chi connectivity index (χ4v) is 2.80. The quantitative estimate of drug-likeness (QED) is 0.573. The molecule has 0 aliphatic rings. The number of aliphatic hydroxyl groups is 1. The maximum atomic E-state index is 12.4. The molecule has 8 heteroatoms. The molecule has 0 spiro atoms. The van der Waals surface area contributed by atoms with Crippen LogP contribution in [-0.2, 0) is 27.3 Å². The Hall–Kier alpha value is -3.26. The van der Waals surface area contributed by atoms with Gasteiger partial charge in [0.1, 0.15) is 6.61 Å². The summed E-state index contributed by atoms with van der Waals surface area (Å²) >= 11 is 0. The van der Waals surface area contributed by atoms with Gasteiger partial charge in [0.05, 0.1) is 26.9 Å². The number of alkyl carbamates (subject to hydrolysis) is 1. The first kappa shape index (κ1) is 23.0. The van der Waals surface area contributed by atoms with E-state index < -0.39 is 24.2 Å². The number of hydrogen-bond acceptors (Lipinski definition) is 7. The molecule has 0 aliphatic heterocycles. The van der Waals surface area contributed by atoms with Gasteiger partial charge in [-0.1, -0.05) is 36.4 Å². The third kappa shape index (κ3) is 6.66. The highest BCUT2D eigenvalue weighted by atomic mass is 16.6. The monoisotopic (exact) mass is 417 g/mol. The SMILES string of the molecule is CCOc1cc(CC(NC(=O)OC)C(O)C(=O)OCc2ccccc2)ccc1OC. The van der Waals surface area contributed by atoms with E-state index in [0.717, 1.165) is 11.1 Å². The Morgan fingerprint density at radius 1 is 1.03 bits per heavy atom. The molecule has 2 atom stereocenters. The van der Waals surface area contributed by atoms with E-state index in [-0.39, 0.29) is 13.0 Å². The Balaban J connectivity index is 2.13. The number of carbonyl (C=O) groups is 2. The lowest BCUT2D eigenvalue weighted by molar-refractivity contribution is -0.156. The summed E-state index contributed by atoms with van der Waals surface area (Å²) in [6.07, 6.45) is -2.22. The summed E-state index contributed by atoms with van der Waals surface area (Å²) in [5.41, 5.74) is 1.50. The van der Waals surface area contributed by atoms with Crippen molar-refractivity contribution in [3.63, 3.8) is 0 Å². The molecule has 2 aromatic rings. The summed E-state index contributed by atoms with van der Waals surface area (Å²) in [5, 5.41) is 13.0. The topological polar surface area (TPSA) is 103 Å². The molecule has 0 radical (unpaired) electrons. The molecule has 2 N–H and O–H groups in total. The van der Waals surface area contributed by atoms with E-state index in [4.69, 9.17) is 14.2 Å². The van der Waals surface area contributed by atoms with Crippen molar-refractivity contribution < 1.29 is 33.6 Å². The minimum Gasteiger partial charge on any atom is -0.493 e. The van der Waals surface area contributed by atoms with Crippen molar-refractivity contribution in [3.8, 4) is 11.5 Å². The molecule has 2 rings (SSSR count). The highest BCUT2D eigenvalue weighted by molar-refractivity contribution is 5.77. The van der Waals surface area contributed by atoms with Crippen LogP contribution in [0.5, 0.6) is 11.5 Å². The third-order valence-corrected chi connectivity index (χ3v) is 4.32. The Labute approximate surface area is 175 Å². The molecule has 0 aliphatic carbocycles. The molecule has 0 saturated carbocycles. The van der Waals surface area contributed by atoms with E-state index in [2.05, 4.69) is 10.1 Å². The molecule has 162 valence electrons. The highest BCUT2D eigenvalue weighted by Gasteiger charge is 2.30. The average molecular weight is 417 g/mol. The van der Waals surface area contributed by atoms with Crippen LogP contribution >= 0.6 is 0 Å². The van der Waals surface area contributed by atoms with E-state index >= 15 is 0 Å². The number of benzene rings is 2. The van der Waals surface area contributed by atoms with Crippen LogP contribution in [0, 0.1) is 0 Å².